The van der Waals surface area contributed by atoms with Crippen molar-refractivity contribution in [2.45, 2.75) is 45.6 Å². The fraction of sp³-hybridized carbons (Fsp3) is 0.909. The minimum atomic E-state index is -0.333. The maximum absolute atomic E-state index is 10.9. The van der Waals surface area contributed by atoms with Crippen LogP contribution >= 0.6 is 0 Å². The van der Waals surface area contributed by atoms with Gasteiger partial charge in [-0.05, 0) is 24.7 Å². The first-order valence-corrected chi connectivity index (χ1v) is 5.59. The minimum Gasteiger partial charge on any atom is -0.368 e. The van der Waals surface area contributed by atoms with Crippen molar-refractivity contribution in [2.24, 2.45) is 17.6 Å². The highest BCUT2D eigenvalue weighted by Crippen LogP contribution is 2.29. The summed E-state index contributed by atoms with van der Waals surface area (Å²) in [4.78, 5) is 10.9. The van der Waals surface area contributed by atoms with E-state index in [2.05, 4.69) is 13.8 Å². The summed E-state index contributed by atoms with van der Waals surface area (Å²) in [5.41, 5.74) is 5.19. The Hall–Kier alpha value is -0.570. The first-order chi connectivity index (χ1) is 6.69. The van der Waals surface area contributed by atoms with Gasteiger partial charge >= 0.3 is 0 Å². The van der Waals surface area contributed by atoms with Crippen molar-refractivity contribution in [3.63, 3.8) is 0 Å². The van der Waals surface area contributed by atoms with E-state index in [1.807, 2.05) is 0 Å². The Labute approximate surface area is 86.0 Å². The lowest BCUT2D eigenvalue weighted by atomic mass is 9.83. The molecule has 14 heavy (non-hydrogen) atoms. The molecule has 3 nitrogen and oxygen atoms in total. The molecule has 1 aliphatic rings. The number of amides is 1. The predicted molar refractivity (Wildman–Crippen MR) is 55.7 cm³/mol. The molecule has 82 valence electrons. The van der Waals surface area contributed by atoms with Gasteiger partial charge in [0, 0.05) is 0 Å². The molecule has 1 amide bonds. The highest BCUT2D eigenvalue weighted by molar-refractivity contribution is 5.78. The van der Waals surface area contributed by atoms with Crippen molar-refractivity contribution in [3.8, 4) is 0 Å². The number of nitrogens with two attached hydrogens (primary N) is 1. The van der Waals surface area contributed by atoms with E-state index in [-0.39, 0.29) is 12.0 Å². The summed E-state index contributed by atoms with van der Waals surface area (Å²) < 4.78 is 5.46. The molecule has 0 spiro atoms. The number of ether oxygens (including phenoxy) is 1. The second-order valence-corrected chi connectivity index (χ2v) is 4.14. The SMILES string of the molecule is CCC(CC)C1CCC(C(N)=O)OC1. The summed E-state index contributed by atoms with van der Waals surface area (Å²) >= 11 is 0. The number of carbonyl (C=O) groups excluding carboxylic acids is 1. The van der Waals surface area contributed by atoms with E-state index < -0.39 is 0 Å². The van der Waals surface area contributed by atoms with E-state index >= 15 is 0 Å². The maximum Gasteiger partial charge on any atom is 0.246 e. The van der Waals surface area contributed by atoms with Crippen LogP contribution in [0, 0.1) is 11.8 Å². The van der Waals surface area contributed by atoms with E-state index in [0.717, 1.165) is 18.8 Å². The Balaban J connectivity index is 2.38. The zero-order chi connectivity index (χ0) is 10.6. The summed E-state index contributed by atoms with van der Waals surface area (Å²) in [6.07, 6.45) is 3.95. The van der Waals surface area contributed by atoms with Crippen molar-refractivity contribution in [1.29, 1.82) is 0 Å². The molecule has 1 saturated heterocycles. The van der Waals surface area contributed by atoms with Crippen molar-refractivity contribution >= 4 is 5.91 Å². The molecule has 1 aliphatic heterocycles. The third kappa shape index (κ3) is 2.71. The Morgan fingerprint density at radius 2 is 2.07 bits per heavy atom. The van der Waals surface area contributed by atoms with E-state index in [1.54, 1.807) is 0 Å². The standard InChI is InChI=1S/C11H21NO2/c1-3-8(4-2)9-5-6-10(11(12)13)14-7-9/h8-10H,3-7H2,1-2H3,(H2,12,13). The van der Waals surface area contributed by atoms with Crippen molar-refractivity contribution in [3.05, 3.63) is 0 Å². The summed E-state index contributed by atoms with van der Waals surface area (Å²) in [6.45, 7) is 5.14. The Morgan fingerprint density at radius 3 is 2.43 bits per heavy atom. The van der Waals surface area contributed by atoms with Crippen LogP contribution in [0.25, 0.3) is 0 Å². The van der Waals surface area contributed by atoms with E-state index in [0.29, 0.717) is 12.5 Å². The third-order valence-electron chi connectivity index (χ3n) is 3.34. The van der Waals surface area contributed by atoms with Crippen LogP contribution < -0.4 is 5.73 Å². The number of rotatable bonds is 4. The average molecular weight is 199 g/mol. The molecule has 2 N–H and O–H groups in total. The largest absolute Gasteiger partial charge is 0.368 e. The lowest BCUT2D eigenvalue weighted by molar-refractivity contribution is -0.135. The fourth-order valence-corrected chi connectivity index (χ4v) is 2.32. The third-order valence-corrected chi connectivity index (χ3v) is 3.34. The minimum absolute atomic E-state index is 0.312. The van der Waals surface area contributed by atoms with Crippen LogP contribution in [0.3, 0.4) is 0 Å². The number of carbonyl (C=O) groups is 1. The number of hydrogen-bond acceptors (Lipinski definition) is 2. The van der Waals surface area contributed by atoms with Gasteiger partial charge < -0.3 is 10.5 Å². The van der Waals surface area contributed by atoms with Crippen LogP contribution in [0.4, 0.5) is 0 Å². The van der Waals surface area contributed by atoms with Gasteiger partial charge in [0.25, 0.3) is 0 Å². The lowest BCUT2D eigenvalue weighted by Crippen LogP contribution is -2.38. The molecule has 0 aromatic heterocycles. The molecule has 0 saturated carbocycles. The molecule has 3 heteroatoms. The van der Waals surface area contributed by atoms with Gasteiger partial charge in [-0.25, -0.2) is 0 Å². The molecule has 1 rings (SSSR count). The number of hydrogen-bond donors (Lipinski definition) is 1. The Morgan fingerprint density at radius 1 is 1.43 bits per heavy atom. The van der Waals surface area contributed by atoms with Crippen LogP contribution in [0.1, 0.15) is 39.5 Å². The molecule has 0 bridgehead atoms. The smallest absolute Gasteiger partial charge is 0.246 e. The Kier molecular flexibility index (Phi) is 4.39. The fourth-order valence-electron chi connectivity index (χ4n) is 2.32. The molecule has 0 aromatic rings. The molecule has 0 aromatic carbocycles. The van der Waals surface area contributed by atoms with E-state index in [1.165, 1.54) is 12.8 Å². The van der Waals surface area contributed by atoms with Gasteiger partial charge in [-0.3, -0.25) is 4.79 Å². The van der Waals surface area contributed by atoms with Crippen LogP contribution in [0.15, 0.2) is 0 Å². The Bertz CT molecular complexity index is 182. The first kappa shape index (κ1) is 11.5. The highest BCUT2D eigenvalue weighted by Gasteiger charge is 2.28. The van der Waals surface area contributed by atoms with Crippen molar-refractivity contribution in [2.75, 3.05) is 6.61 Å². The van der Waals surface area contributed by atoms with E-state index in [4.69, 9.17) is 10.5 Å². The topological polar surface area (TPSA) is 52.3 Å². The molecule has 2 atom stereocenters. The summed E-state index contributed by atoms with van der Waals surface area (Å²) in [5, 5.41) is 0. The summed E-state index contributed by atoms with van der Waals surface area (Å²) in [7, 11) is 0. The predicted octanol–water partition coefficient (Wildman–Crippen LogP) is 1.70. The molecule has 1 heterocycles. The molecule has 1 fully saturated rings. The van der Waals surface area contributed by atoms with Crippen LogP contribution in [0.5, 0.6) is 0 Å². The van der Waals surface area contributed by atoms with Gasteiger partial charge in [0.1, 0.15) is 6.10 Å². The maximum atomic E-state index is 10.9. The van der Waals surface area contributed by atoms with Gasteiger partial charge in [0.2, 0.25) is 5.91 Å². The molecular weight excluding hydrogens is 178 g/mol. The zero-order valence-corrected chi connectivity index (χ0v) is 9.16. The first-order valence-electron chi connectivity index (χ1n) is 5.59. The normalized spacial score (nSPS) is 27.9. The molecular formula is C11H21NO2. The lowest BCUT2D eigenvalue weighted by Gasteiger charge is -2.32. The second-order valence-electron chi connectivity index (χ2n) is 4.14. The second kappa shape index (κ2) is 5.35. The quantitative estimate of drug-likeness (QED) is 0.749. The monoisotopic (exact) mass is 199 g/mol. The van der Waals surface area contributed by atoms with Gasteiger partial charge in [0.15, 0.2) is 0 Å². The van der Waals surface area contributed by atoms with Crippen molar-refractivity contribution < 1.29 is 9.53 Å². The molecule has 0 radical (unpaired) electrons. The molecule has 0 aliphatic carbocycles. The number of primary amides is 1. The van der Waals surface area contributed by atoms with Gasteiger partial charge in [-0.2, -0.15) is 0 Å². The van der Waals surface area contributed by atoms with Gasteiger partial charge in [-0.15, -0.1) is 0 Å². The summed E-state index contributed by atoms with van der Waals surface area (Å²) in [6, 6.07) is 0. The summed E-state index contributed by atoms with van der Waals surface area (Å²) in [5.74, 6) is 1.05. The zero-order valence-electron chi connectivity index (χ0n) is 9.16. The van der Waals surface area contributed by atoms with Crippen LogP contribution in [-0.2, 0) is 9.53 Å². The van der Waals surface area contributed by atoms with Crippen molar-refractivity contribution in [1.82, 2.24) is 0 Å². The average Bonchev–Trinajstić information content (AvgIpc) is 2.20. The highest BCUT2D eigenvalue weighted by atomic mass is 16.5. The van der Waals surface area contributed by atoms with Gasteiger partial charge in [-0.1, -0.05) is 26.7 Å². The molecule has 2 unspecified atom stereocenters. The van der Waals surface area contributed by atoms with Crippen LogP contribution in [0.2, 0.25) is 0 Å². The van der Waals surface area contributed by atoms with Gasteiger partial charge in [0.05, 0.1) is 6.61 Å². The van der Waals surface area contributed by atoms with Crippen LogP contribution in [-0.4, -0.2) is 18.6 Å². The van der Waals surface area contributed by atoms with E-state index in [9.17, 15) is 4.79 Å².